The number of aliphatic hydroxyl groups excluding tert-OH is 1. The van der Waals surface area contributed by atoms with E-state index < -0.39 is 29.4 Å². The van der Waals surface area contributed by atoms with E-state index in [1.54, 1.807) is 41.5 Å². The topological polar surface area (TPSA) is 101 Å². The molecule has 0 aliphatic heterocycles. The van der Waals surface area contributed by atoms with Gasteiger partial charge in [-0.3, -0.25) is 0 Å². The van der Waals surface area contributed by atoms with Crippen molar-refractivity contribution < 1.29 is 24.9 Å². The van der Waals surface area contributed by atoms with Gasteiger partial charge in [-0.25, -0.2) is 9.59 Å². The van der Waals surface area contributed by atoms with E-state index in [4.69, 9.17) is 10.2 Å². The number of hydrogen-bond donors (Lipinski definition) is 3. The molecule has 20 heavy (non-hydrogen) atoms. The first-order chi connectivity index (χ1) is 8.76. The predicted molar refractivity (Wildman–Crippen MR) is 75.0 cm³/mol. The summed E-state index contributed by atoms with van der Waals surface area (Å²) in [6.45, 7) is 10.0. The standard InChI is InChI=1S/C13H26N2O5/c1-12(2,3)14(10(17)18)7-9(16)8-15(11(19)20)13(4,5)6/h9,16H,7-8H2,1-6H3,(H,17,18)(H,19,20). The first kappa shape index (κ1) is 18.5. The summed E-state index contributed by atoms with van der Waals surface area (Å²) in [4.78, 5) is 24.6. The minimum Gasteiger partial charge on any atom is -0.465 e. The predicted octanol–water partition coefficient (Wildman–Crippen LogP) is 1.90. The zero-order valence-electron chi connectivity index (χ0n) is 13.0. The molecule has 0 spiro atoms. The van der Waals surface area contributed by atoms with E-state index in [-0.39, 0.29) is 13.1 Å². The average Bonchev–Trinajstić information content (AvgIpc) is 2.18. The quantitative estimate of drug-likeness (QED) is 0.734. The second-order valence-electron chi connectivity index (χ2n) is 6.78. The number of carbonyl (C=O) groups is 2. The Morgan fingerprint density at radius 2 is 1.10 bits per heavy atom. The number of rotatable bonds is 4. The summed E-state index contributed by atoms with van der Waals surface area (Å²) in [5.74, 6) is 0. The second-order valence-corrected chi connectivity index (χ2v) is 6.78. The van der Waals surface area contributed by atoms with Crippen LogP contribution in [0.4, 0.5) is 9.59 Å². The fourth-order valence-corrected chi connectivity index (χ4v) is 1.76. The molecule has 0 saturated carbocycles. The lowest BCUT2D eigenvalue weighted by Crippen LogP contribution is -2.54. The molecular weight excluding hydrogens is 264 g/mol. The molecule has 0 heterocycles. The van der Waals surface area contributed by atoms with Gasteiger partial charge in [-0.05, 0) is 41.5 Å². The van der Waals surface area contributed by atoms with Gasteiger partial charge < -0.3 is 25.1 Å². The Morgan fingerprint density at radius 1 is 0.850 bits per heavy atom. The smallest absolute Gasteiger partial charge is 0.407 e. The van der Waals surface area contributed by atoms with Crippen LogP contribution in [-0.2, 0) is 0 Å². The zero-order chi connectivity index (χ0) is 16.3. The maximum absolute atomic E-state index is 11.2. The molecule has 0 aromatic rings. The lowest BCUT2D eigenvalue weighted by molar-refractivity contribution is 0.0225. The summed E-state index contributed by atoms with van der Waals surface area (Å²) in [6, 6.07) is 0. The summed E-state index contributed by atoms with van der Waals surface area (Å²) >= 11 is 0. The Hall–Kier alpha value is -1.50. The maximum atomic E-state index is 11.2. The summed E-state index contributed by atoms with van der Waals surface area (Å²) in [5.41, 5.74) is -1.33. The van der Waals surface area contributed by atoms with E-state index in [9.17, 15) is 14.7 Å². The molecule has 118 valence electrons. The molecule has 0 aromatic carbocycles. The molecule has 0 saturated heterocycles. The molecule has 0 unspecified atom stereocenters. The van der Waals surface area contributed by atoms with Crippen molar-refractivity contribution >= 4 is 12.2 Å². The van der Waals surface area contributed by atoms with Gasteiger partial charge in [0.2, 0.25) is 0 Å². The van der Waals surface area contributed by atoms with Gasteiger partial charge in [0.05, 0.1) is 19.2 Å². The lowest BCUT2D eigenvalue weighted by Gasteiger charge is -2.38. The molecule has 0 aliphatic rings. The first-order valence-corrected chi connectivity index (χ1v) is 6.46. The van der Waals surface area contributed by atoms with Crippen molar-refractivity contribution in [2.24, 2.45) is 0 Å². The van der Waals surface area contributed by atoms with Crippen LogP contribution in [0.25, 0.3) is 0 Å². The molecule has 7 nitrogen and oxygen atoms in total. The van der Waals surface area contributed by atoms with Gasteiger partial charge in [-0.15, -0.1) is 0 Å². The molecule has 0 aromatic heterocycles. The van der Waals surface area contributed by atoms with Crippen molar-refractivity contribution in [3.63, 3.8) is 0 Å². The molecule has 0 bridgehead atoms. The highest BCUT2D eigenvalue weighted by Gasteiger charge is 2.32. The Labute approximate surface area is 119 Å². The van der Waals surface area contributed by atoms with Crippen LogP contribution in [0.2, 0.25) is 0 Å². The van der Waals surface area contributed by atoms with Crippen molar-refractivity contribution in [1.29, 1.82) is 0 Å². The van der Waals surface area contributed by atoms with Crippen molar-refractivity contribution in [2.45, 2.75) is 58.7 Å². The minimum absolute atomic E-state index is 0.140. The SMILES string of the molecule is CC(C)(C)N(CC(O)CN(C(=O)O)C(C)(C)C)C(=O)O. The van der Waals surface area contributed by atoms with Gasteiger partial charge in [0.1, 0.15) is 0 Å². The number of β-amino-alcohol motifs (C(OH)–C–C–N with tert-alkyl or cyclic N) is 1. The van der Waals surface area contributed by atoms with Gasteiger partial charge in [0.15, 0.2) is 0 Å². The molecule has 0 atom stereocenters. The number of carboxylic acid groups (broad SMARTS) is 2. The Bertz CT molecular complexity index is 323. The van der Waals surface area contributed by atoms with Crippen LogP contribution in [0.3, 0.4) is 0 Å². The molecular formula is C13H26N2O5. The molecule has 0 aliphatic carbocycles. The molecule has 2 amide bonds. The third kappa shape index (κ3) is 5.64. The highest BCUT2D eigenvalue weighted by Crippen LogP contribution is 2.17. The Morgan fingerprint density at radius 3 is 1.25 bits per heavy atom. The van der Waals surface area contributed by atoms with Crippen LogP contribution in [-0.4, -0.2) is 67.6 Å². The van der Waals surface area contributed by atoms with Crippen molar-refractivity contribution in [2.75, 3.05) is 13.1 Å². The Balaban J connectivity index is 4.88. The monoisotopic (exact) mass is 290 g/mol. The van der Waals surface area contributed by atoms with Crippen molar-refractivity contribution in [3.8, 4) is 0 Å². The second kappa shape index (κ2) is 6.30. The molecule has 3 N–H and O–H groups in total. The first-order valence-electron chi connectivity index (χ1n) is 6.46. The van der Waals surface area contributed by atoms with Crippen LogP contribution in [0.15, 0.2) is 0 Å². The maximum Gasteiger partial charge on any atom is 0.407 e. The van der Waals surface area contributed by atoms with E-state index in [0.717, 1.165) is 9.80 Å². The van der Waals surface area contributed by atoms with E-state index >= 15 is 0 Å². The largest absolute Gasteiger partial charge is 0.465 e. The van der Waals surface area contributed by atoms with Gasteiger partial charge in [-0.2, -0.15) is 0 Å². The lowest BCUT2D eigenvalue weighted by atomic mass is 10.0. The highest BCUT2D eigenvalue weighted by atomic mass is 16.4. The van der Waals surface area contributed by atoms with Crippen LogP contribution >= 0.6 is 0 Å². The summed E-state index contributed by atoms with van der Waals surface area (Å²) in [7, 11) is 0. The molecule has 0 radical (unpaired) electrons. The number of nitrogens with zero attached hydrogens (tertiary/aromatic N) is 2. The third-order valence-corrected chi connectivity index (χ3v) is 2.87. The van der Waals surface area contributed by atoms with Gasteiger partial charge in [-0.1, -0.05) is 0 Å². The van der Waals surface area contributed by atoms with Gasteiger partial charge >= 0.3 is 12.2 Å². The average molecular weight is 290 g/mol. The van der Waals surface area contributed by atoms with Gasteiger partial charge in [0, 0.05) is 11.1 Å². The number of aliphatic hydroxyl groups is 1. The summed E-state index contributed by atoms with van der Waals surface area (Å²) in [6.07, 6.45) is -3.37. The fraction of sp³-hybridized carbons (Fsp3) is 0.846. The third-order valence-electron chi connectivity index (χ3n) is 2.87. The van der Waals surface area contributed by atoms with E-state index in [1.165, 1.54) is 0 Å². The highest BCUT2D eigenvalue weighted by molar-refractivity contribution is 5.66. The van der Waals surface area contributed by atoms with Crippen molar-refractivity contribution in [3.05, 3.63) is 0 Å². The Kier molecular flexibility index (Phi) is 5.83. The minimum atomic E-state index is -1.14. The van der Waals surface area contributed by atoms with E-state index in [1.807, 2.05) is 0 Å². The molecule has 0 rings (SSSR count). The van der Waals surface area contributed by atoms with Crippen molar-refractivity contribution in [1.82, 2.24) is 9.80 Å². The normalized spacial score (nSPS) is 12.4. The van der Waals surface area contributed by atoms with Gasteiger partial charge in [0.25, 0.3) is 0 Å². The van der Waals surface area contributed by atoms with Crippen LogP contribution in [0.5, 0.6) is 0 Å². The number of amides is 2. The fourth-order valence-electron chi connectivity index (χ4n) is 1.76. The summed E-state index contributed by atoms with van der Waals surface area (Å²) < 4.78 is 0. The summed E-state index contributed by atoms with van der Waals surface area (Å²) in [5, 5.41) is 28.3. The molecule has 0 fully saturated rings. The van der Waals surface area contributed by atoms with Crippen LogP contribution in [0, 0.1) is 0 Å². The van der Waals surface area contributed by atoms with E-state index in [2.05, 4.69) is 0 Å². The van der Waals surface area contributed by atoms with Crippen LogP contribution in [0.1, 0.15) is 41.5 Å². The zero-order valence-corrected chi connectivity index (χ0v) is 13.0. The molecule has 7 heteroatoms. The number of hydrogen-bond acceptors (Lipinski definition) is 3. The van der Waals surface area contributed by atoms with E-state index in [0.29, 0.717) is 0 Å². The van der Waals surface area contributed by atoms with Crippen LogP contribution < -0.4 is 0 Å².